The predicted molar refractivity (Wildman–Crippen MR) is 69.2 cm³/mol. The number of carbonyl (C=O) groups is 1. The van der Waals surface area contributed by atoms with E-state index in [1.54, 1.807) is 0 Å². The van der Waals surface area contributed by atoms with E-state index in [0.29, 0.717) is 0 Å². The smallest absolute Gasteiger partial charge is 0.219 e. The van der Waals surface area contributed by atoms with Crippen LogP contribution in [0.25, 0.3) is 0 Å². The quantitative estimate of drug-likeness (QED) is 0.596. The van der Waals surface area contributed by atoms with E-state index in [9.17, 15) is 4.79 Å². The first-order valence-corrected chi connectivity index (χ1v) is 6.16. The van der Waals surface area contributed by atoms with Gasteiger partial charge in [0.25, 0.3) is 0 Å². The summed E-state index contributed by atoms with van der Waals surface area (Å²) in [5.41, 5.74) is 0. The second-order valence-corrected chi connectivity index (χ2v) is 4.28. The lowest BCUT2D eigenvalue weighted by molar-refractivity contribution is -0.120. The van der Waals surface area contributed by atoms with Gasteiger partial charge in [-0.3, -0.25) is 4.79 Å². The highest BCUT2D eigenvalue weighted by Crippen LogP contribution is 2.15. The highest BCUT2D eigenvalue weighted by atomic mass is 16.1. The van der Waals surface area contributed by atoms with Crippen molar-refractivity contribution in [2.45, 2.75) is 64.2 Å². The van der Waals surface area contributed by atoms with Gasteiger partial charge in [-0.05, 0) is 12.8 Å². The van der Waals surface area contributed by atoms with Crippen LogP contribution in [0, 0.1) is 0 Å². The molecular formula is C12H29N3O. The molecule has 7 N–H and O–H groups in total. The normalized spacial score (nSPS) is 19.9. The van der Waals surface area contributed by atoms with E-state index in [1.165, 1.54) is 44.9 Å². The number of amides is 1. The van der Waals surface area contributed by atoms with Crippen molar-refractivity contribution < 1.29 is 4.79 Å². The molecule has 1 aliphatic heterocycles. The van der Waals surface area contributed by atoms with Gasteiger partial charge >= 0.3 is 0 Å². The zero-order valence-electron chi connectivity index (χ0n) is 10.6. The summed E-state index contributed by atoms with van der Waals surface area (Å²) in [6, 6.07) is 0. The molecule has 0 spiro atoms. The summed E-state index contributed by atoms with van der Waals surface area (Å²) in [7, 11) is 0. The van der Waals surface area contributed by atoms with Crippen molar-refractivity contribution in [2.75, 3.05) is 6.54 Å². The van der Waals surface area contributed by atoms with Gasteiger partial charge in [-0.15, -0.1) is 0 Å². The molecule has 0 aromatic carbocycles. The maximum Gasteiger partial charge on any atom is 0.219 e. The number of nitrogens with one attached hydrogen (secondary N) is 1. The van der Waals surface area contributed by atoms with Crippen molar-refractivity contribution in [1.82, 2.24) is 17.6 Å². The van der Waals surface area contributed by atoms with Crippen LogP contribution in [-0.2, 0) is 4.79 Å². The van der Waals surface area contributed by atoms with Crippen molar-refractivity contribution in [3.8, 4) is 0 Å². The molecule has 4 heteroatoms. The Labute approximate surface area is 99.7 Å². The number of hydrogen-bond acceptors (Lipinski definition) is 3. The van der Waals surface area contributed by atoms with Gasteiger partial charge in [-0.25, -0.2) is 0 Å². The van der Waals surface area contributed by atoms with Crippen LogP contribution in [0.1, 0.15) is 64.2 Å². The minimum atomic E-state index is 0. The molecule has 1 aliphatic carbocycles. The Kier molecular flexibility index (Phi) is 13.8. The second-order valence-electron chi connectivity index (χ2n) is 4.28. The van der Waals surface area contributed by atoms with Crippen molar-refractivity contribution in [1.29, 1.82) is 0 Å². The van der Waals surface area contributed by atoms with Crippen LogP contribution in [0.3, 0.4) is 0 Å². The summed E-state index contributed by atoms with van der Waals surface area (Å²) in [5.74, 6) is 0.225. The van der Waals surface area contributed by atoms with Gasteiger partial charge in [-0.1, -0.05) is 44.9 Å². The first-order chi connectivity index (χ1) is 6.89. The predicted octanol–water partition coefficient (Wildman–Crippen LogP) is 3.34. The van der Waals surface area contributed by atoms with Gasteiger partial charge in [0, 0.05) is 13.0 Å². The third-order valence-corrected chi connectivity index (χ3v) is 2.90. The molecule has 98 valence electrons. The van der Waals surface area contributed by atoms with Crippen LogP contribution in [0.4, 0.5) is 0 Å². The molecule has 1 amide bonds. The van der Waals surface area contributed by atoms with Crippen molar-refractivity contribution in [3.05, 3.63) is 0 Å². The highest BCUT2D eigenvalue weighted by molar-refractivity contribution is 5.75. The Morgan fingerprint density at radius 1 is 0.688 bits per heavy atom. The lowest BCUT2D eigenvalue weighted by Gasteiger charge is -2.05. The van der Waals surface area contributed by atoms with Crippen LogP contribution < -0.4 is 17.6 Å². The first-order valence-electron chi connectivity index (χ1n) is 6.16. The van der Waals surface area contributed by atoms with Crippen molar-refractivity contribution in [2.24, 2.45) is 0 Å². The SMILES string of the molecule is C1CCCCC1.N.N.O=C1CCCCCN1. The minimum absolute atomic E-state index is 0. The Balaban J connectivity index is 0. The van der Waals surface area contributed by atoms with Crippen molar-refractivity contribution >= 4 is 5.91 Å². The largest absolute Gasteiger partial charge is 0.356 e. The van der Waals surface area contributed by atoms with E-state index in [-0.39, 0.29) is 18.2 Å². The fraction of sp³-hybridized carbons (Fsp3) is 0.917. The van der Waals surface area contributed by atoms with E-state index >= 15 is 0 Å². The van der Waals surface area contributed by atoms with Gasteiger partial charge in [0.2, 0.25) is 5.91 Å². The Morgan fingerprint density at radius 2 is 1.12 bits per heavy atom. The van der Waals surface area contributed by atoms with E-state index in [1.807, 2.05) is 0 Å². The van der Waals surface area contributed by atoms with Gasteiger partial charge in [-0.2, -0.15) is 0 Å². The van der Waals surface area contributed by atoms with Gasteiger partial charge in [0.15, 0.2) is 0 Å². The van der Waals surface area contributed by atoms with Gasteiger partial charge < -0.3 is 17.6 Å². The summed E-state index contributed by atoms with van der Waals surface area (Å²) < 4.78 is 0. The molecular weight excluding hydrogens is 202 g/mol. The molecule has 2 aliphatic rings. The molecule has 16 heavy (non-hydrogen) atoms. The molecule has 4 nitrogen and oxygen atoms in total. The minimum Gasteiger partial charge on any atom is -0.356 e. The molecule has 0 atom stereocenters. The Hall–Kier alpha value is -0.610. The van der Waals surface area contributed by atoms with E-state index < -0.39 is 0 Å². The molecule has 2 fully saturated rings. The van der Waals surface area contributed by atoms with Crippen LogP contribution in [0.15, 0.2) is 0 Å². The zero-order valence-corrected chi connectivity index (χ0v) is 10.6. The maximum absolute atomic E-state index is 10.6. The topological polar surface area (TPSA) is 99.1 Å². The van der Waals surface area contributed by atoms with E-state index in [4.69, 9.17) is 0 Å². The summed E-state index contributed by atoms with van der Waals surface area (Å²) in [6.07, 6.45) is 13.2. The Morgan fingerprint density at radius 3 is 1.62 bits per heavy atom. The van der Waals surface area contributed by atoms with Crippen molar-refractivity contribution in [3.63, 3.8) is 0 Å². The standard InChI is InChI=1S/C6H11NO.C6H12.2H3N/c8-6-4-2-1-3-5-7-6;1-2-4-6-5-3-1;;/h1-5H2,(H,7,8);1-6H2;2*1H3. The highest BCUT2D eigenvalue weighted by Gasteiger charge is 2.03. The molecule has 1 saturated carbocycles. The zero-order chi connectivity index (χ0) is 10.1. The molecule has 0 aromatic heterocycles. The molecule has 2 rings (SSSR count). The molecule has 0 aromatic rings. The number of rotatable bonds is 0. The number of carbonyl (C=O) groups excluding carboxylic acids is 1. The fourth-order valence-corrected chi connectivity index (χ4v) is 1.96. The van der Waals surface area contributed by atoms with Gasteiger partial charge in [0.1, 0.15) is 0 Å². The van der Waals surface area contributed by atoms with Crippen LogP contribution in [-0.4, -0.2) is 12.5 Å². The van der Waals surface area contributed by atoms with E-state index in [2.05, 4.69) is 5.32 Å². The third-order valence-electron chi connectivity index (χ3n) is 2.90. The molecule has 1 heterocycles. The van der Waals surface area contributed by atoms with Crippen LogP contribution in [0.2, 0.25) is 0 Å². The fourth-order valence-electron chi connectivity index (χ4n) is 1.96. The number of hydrogen-bond donors (Lipinski definition) is 3. The third kappa shape index (κ3) is 9.93. The average Bonchev–Trinajstić information content (AvgIpc) is 2.49. The molecule has 1 saturated heterocycles. The van der Waals surface area contributed by atoms with Gasteiger partial charge in [0.05, 0.1) is 0 Å². The molecule has 0 unspecified atom stereocenters. The molecule has 0 bridgehead atoms. The summed E-state index contributed by atoms with van der Waals surface area (Å²) in [5, 5.41) is 2.81. The average molecular weight is 231 g/mol. The first kappa shape index (κ1) is 17.8. The lowest BCUT2D eigenvalue weighted by atomic mass is 10.0. The maximum atomic E-state index is 10.6. The van der Waals surface area contributed by atoms with Crippen LogP contribution in [0.5, 0.6) is 0 Å². The van der Waals surface area contributed by atoms with Crippen LogP contribution >= 0.6 is 0 Å². The second kappa shape index (κ2) is 12.5. The summed E-state index contributed by atoms with van der Waals surface area (Å²) in [6.45, 7) is 0.888. The van der Waals surface area contributed by atoms with E-state index in [0.717, 1.165) is 25.8 Å². The lowest BCUT2D eigenvalue weighted by Crippen LogP contribution is -2.21. The monoisotopic (exact) mass is 231 g/mol. The Bertz CT molecular complexity index is 137. The summed E-state index contributed by atoms with van der Waals surface area (Å²) in [4.78, 5) is 10.6. The molecule has 0 radical (unpaired) electrons. The summed E-state index contributed by atoms with van der Waals surface area (Å²) >= 11 is 0.